The fourth-order valence-corrected chi connectivity index (χ4v) is 5.75. The summed E-state index contributed by atoms with van der Waals surface area (Å²) in [5.41, 5.74) is 2.22. The fourth-order valence-electron chi connectivity index (χ4n) is 5.75. The first kappa shape index (κ1) is 28.9. The molecule has 3 aromatic rings. The lowest BCUT2D eigenvalue weighted by molar-refractivity contribution is -0.154. The van der Waals surface area contributed by atoms with Crippen molar-refractivity contribution in [1.29, 1.82) is 0 Å². The maximum absolute atomic E-state index is 11.4. The summed E-state index contributed by atoms with van der Waals surface area (Å²) < 4.78 is 13.4. The molecule has 0 radical (unpaired) electrons. The molecule has 45 heavy (non-hydrogen) atoms. The molecule has 0 amide bonds. The molecule has 11 heteroatoms. The van der Waals surface area contributed by atoms with Gasteiger partial charge in [-0.25, -0.2) is 24.0 Å². The highest BCUT2D eigenvalue weighted by Crippen LogP contribution is 2.51. The van der Waals surface area contributed by atoms with Crippen LogP contribution in [0.4, 0.5) is 0 Å². The molecule has 0 aromatic heterocycles. The number of cyclic esters (lactones) is 6. The van der Waals surface area contributed by atoms with Crippen LogP contribution in [0.5, 0.6) is 0 Å². The highest BCUT2D eigenvalue weighted by atomic mass is 16.6. The number of carbonyl (C=O) groups is 7. The molecule has 3 aromatic carbocycles. The van der Waals surface area contributed by atoms with Crippen molar-refractivity contribution in [3.8, 4) is 11.8 Å². The minimum absolute atomic E-state index is 0.00917. The summed E-state index contributed by atoms with van der Waals surface area (Å²) in [7, 11) is 0. The number of ether oxygens (including phenoxy) is 3. The number of carbonyl (C=O) groups excluding carboxylic acids is 6. The quantitative estimate of drug-likeness (QED) is 0.142. The van der Waals surface area contributed by atoms with E-state index in [1.807, 2.05) is 42.5 Å². The molecule has 2 fully saturated rings. The Balaban J connectivity index is 0.000000123. The molecule has 8 rings (SSSR count). The maximum atomic E-state index is 11.4. The van der Waals surface area contributed by atoms with Crippen LogP contribution in [0.3, 0.4) is 0 Å². The van der Waals surface area contributed by atoms with Gasteiger partial charge in [0, 0.05) is 11.1 Å². The molecule has 1 N–H and O–H groups in total. The molecular weight excluding hydrogens is 584 g/mol. The van der Waals surface area contributed by atoms with Gasteiger partial charge in [-0.15, -0.1) is 0 Å². The van der Waals surface area contributed by atoms with Crippen molar-refractivity contribution in [2.75, 3.05) is 0 Å². The molecule has 11 nitrogen and oxygen atoms in total. The van der Waals surface area contributed by atoms with Gasteiger partial charge in [-0.3, -0.25) is 9.59 Å². The summed E-state index contributed by atoms with van der Waals surface area (Å²) in [5, 5.41) is 8.63. The standard InChI is InChI=1S/C16H8O3.C9H4O5.C9H8O3/c17-15-13-9-8-12(10-14(13)16(18)19-15)7-6-11-4-2-1-3-5-11;10-7(11)4-1-2-5-6(3-4)9(13)14-8(5)12;10-8-6-4-1-2-5(3-4)7(6)9(11)12-8/h1-5,8-10H;1-3H,(H,10,11);1-2,4-7H,3H2. The zero-order valence-electron chi connectivity index (χ0n) is 23.1. The average Bonchev–Trinajstić information content (AvgIpc) is 3.84. The highest BCUT2D eigenvalue weighted by molar-refractivity contribution is 6.16. The summed E-state index contributed by atoms with van der Waals surface area (Å²) in [6, 6.07) is 18.0. The number of allylic oxidation sites excluding steroid dienone is 2. The van der Waals surface area contributed by atoms with Gasteiger partial charge < -0.3 is 19.3 Å². The van der Waals surface area contributed by atoms with Crippen LogP contribution in [-0.2, 0) is 23.8 Å². The van der Waals surface area contributed by atoms with E-state index in [2.05, 4.69) is 26.1 Å². The van der Waals surface area contributed by atoms with Crippen molar-refractivity contribution in [2.24, 2.45) is 23.7 Å². The molecule has 3 heterocycles. The minimum Gasteiger partial charge on any atom is -0.478 e. The Hall–Kier alpha value is -6.15. The van der Waals surface area contributed by atoms with Gasteiger partial charge in [-0.2, -0.15) is 0 Å². The zero-order chi connectivity index (χ0) is 31.8. The number of hydrogen-bond acceptors (Lipinski definition) is 10. The number of rotatable bonds is 1. The lowest BCUT2D eigenvalue weighted by Gasteiger charge is -2.12. The summed E-state index contributed by atoms with van der Waals surface area (Å²) >= 11 is 0. The van der Waals surface area contributed by atoms with E-state index in [-0.39, 0.29) is 57.9 Å². The molecule has 2 aliphatic carbocycles. The Morgan fingerprint density at radius 1 is 0.600 bits per heavy atom. The number of aromatic carboxylic acids is 1. The molecular formula is C34H20O11. The second-order valence-corrected chi connectivity index (χ2v) is 10.5. The van der Waals surface area contributed by atoms with Crippen molar-refractivity contribution in [3.63, 3.8) is 0 Å². The Bertz CT molecular complexity index is 1900. The number of fused-ring (bicyclic) bond motifs is 7. The normalized spacial score (nSPS) is 22.4. The van der Waals surface area contributed by atoms with Crippen LogP contribution in [-0.4, -0.2) is 46.9 Å². The Labute approximate surface area is 254 Å². The fraction of sp³-hybridized carbons (Fsp3) is 0.147. The highest BCUT2D eigenvalue weighted by Gasteiger charge is 2.57. The molecule has 222 valence electrons. The van der Waals surface area contributed by atoms with Crippen LogP contribution in [0.1, 0.15) is 69.3 Å². The Morgan fingerprint density at radius 2 is 1.11 bits per heavy atom. The van der Waals surface area contributed by atoms with Gasteiger partial charge in [0.15, 0.2) is 0 Å². The van der Waals surface area contributed by atoms with Crippen LogP contribution in [0.2, 0.25) is 0 Å². The number of carboxylic acids is 1. The summed E-state index contributed by atoms with van der Waals surface area (Å²) in [6.07, 6.45) is 5.06. The van der Waals surface area contributed by atoms with Gasteiger partial charge in [0.05, 0.1) is 39.7 Å². The predicted octanol–water partition coefficient (Wildman–Crippen LogP) is 3.60. The van der Waals surface area contributed by atoms with E-state index in [1.54, 1.807) is 18.2 Å². The van der Waals surface area contributed by atoms with E-state index in [0.29, 0.717) is 11.1 Å². The second kappa shape index (κ2) is 11.5. The van der Waals surface area contributed by atoms with E-state index in [1.165, 1.54) is 12.1 Å². The van der Waals surface area contributed by atoms with Crippen LogP contribution >= 0.6 is 0 Å². The van der Waals surface area contributed by atoms with Gasteiger partial charge in [-0.05, 0) is 66.8 Å². The van der Waals surface area contributed by atoms with Crippen molar-refractivity contribution < 1.29 is 52.9 Å². The minimum atomic E-state index is -1.15. The monoisotopic (exact) mass is 604 g/mol. The molecule has 4 atom stereocenters. The Morgan fingerprint density at radius 3 is 1.69 bits per heavy atom. The third-order valence-electron chi connectivity index (χ3n) is 7.87. The van der Waals surface area contributed by atoms with E-state index in [9.17, 15) is 33.6 Å². The van der Waals surface area contributed by atoms with Gasteiger partial charge in [0.1, 0.15) is 0 Å². The Kier molecular flexibility index (Phi) is 7.40. The maximum Gasteiger partial charge on any atom is 0.346 e. The molecule has 4 unspecified atom stereocenters. The van der Waals surface area contributed by atoms with E-state index >= 15 is 0 Å². The molecule has 5 aliphatic rings. The van der Waals surface area contributed by atoms with Crippen LogP contribution in [0, 0.1) is 35.5 Å². The molecule has 1 saturated carbocycles. The lowest BCUT2D eigenvalue weighted by atomic mass is 9.85. The average molecular weight is 605 g/mol. The number of esters is 6. The van der Waals surface area contributed by atoms with Crippen LogP contribution < -0.4 is 0 Å². The SMILES string of the molecule is O=C(O)c1ccc2c(c1)C(=O)OC2=O.O=C1OC(=O)C2C3C=CC(C3)C12.O=C1OC(=O)c2cc(C#Cc3ccccc3)ccc21. The lowest BCUT2D eigenvalue weighted by Crippen LogP contribution is -2.21. The van der Waals surface area contributed by atoms with Crippen molar-refractivity contribution in [2.45, 2.75) is 6.42 Å². The van der Waals surface area contributed by atoms with Crippen molar-refractivity contribution in [1.82, 2.24) is 0 Å². The van der Waals surface area contributed by atoms with E-state index in [4.69, 9.17) is 5.11 Å². The summed E-state index contributed by atoms with van der Waals surface area (Å²) in [5.74, 6) is 1.71. The first-order chi connectivity index (χ1) is 21.6. The van der Waals surface area contributed by atoms with Gasteiger partial charge in [0.25, 0.3) is 0 Å². The third-order valence-corrected chi connectivity index (χ3v) is 7.87. The predicted molar refractivity (Wildman–Crippen MR) is 151 cm³/mol. The van der Waals surface area contributed by atoms with Crippen LogP contribution in [0.25, 0.3) is 0 Å². The molecule has 0 spiro atoms. The van der Waals surface area contributed by atoms with Gasteiger partial charge in [0.2, 0.25) is 0 Å². The van der Waals surface area contributed by atoms with Gasteiger partial charge in [-0.1, -0.05) is 42.2 Å². The smallest absolute Gasteiger partial charge is 0.346 e. The third kappa shape index (κ3) is 5.52. The van der Waals surface area contributed by atoms with Gasteiger partial charge >= 0.3 is 41.8 Å². The van der Waals surface area contributed by atoms with Crippen molar-refractivity contribution in [3.05, 3.63) is 118 Å². The first-order valence-corrected chi connectivity index (χ1v) is 13.7. The number of carboxylic acid groups (broad SMARTS) is 1. The molecule has 3 aliphatic heterocycles. The molecule has 1 saturated heterocycles. The first-order valence-electron chi connectivity index (χ1n) is 13.7. The molecule has 2 bridgehead atoms. The summed E-state index contributed by atoms with van der Waals surface area (Å²) in [4.78, 5) is 77.6. The number of hydrogen-bond donors (Lipinski definition) is 1. The topological polar surface area (TPSA) is 167 Å². The van der Waals surface area contributed by atoms with E-state index < -0.39 is 29.8 Å². The summed E-state index contributed by atoms with van der Waals surface area (Å²) in [6.45, 7) is 0. The zero-order valence-corrected chi connectivity index (χ0v) is 23.1. The number of benzene rings is 3. The largest absolute Gasteiger partial charge is 0.478 e. The van der Waals surface area contributed by atoms with Crippen LogP contribution in [0.15, 0.2) is 78.9 Å². The van der Waals surface area contributed by atoms with E-state index in [0.717, 1.165) is 18.1 Å². The second-order valence-electron chi connectivity index (χ2n) is 10.5. The van der Waals surface area contributed by atoms with Crippen molar-refractivity contribution >= 4 is 41.8 Å².